The van der Waals surface area contributed by atoms with E-state index in [0.717, 1.165) is 18.7 Å². The monoisotopic (exact) mass is 289 g/mol. The minimum atomic E-state index is 0.0508. The molecule has 1 aromatic rings. The van der Waals surface area contributed by atoms with E-state index in [4.69, 9.17) is 10.00 Å². The van der Waals surface area contributed by atoms with Crippen LogP contribution in [0.5, 0.6) is 5.75 Å². The van der Waals surface area contributed by atoms with Crippen molar-refractivity contribution in [2.24, 2.45) is 0 Å². The van der Waals surface area contributed by atoms with Crippen molar-refractivity contribution in [3.05, 3.63) is 29.8 Å². The van der Waals surface area contributed by atoms with Crippen LogP contribution in [-0.2, 0) is 11.3 Å². The molecule has 0 aliphatic heterocycles. The summed E-state index contributed by atoms with van der Waals surface area (Å²) in [4.78, 5) is 13.7. The summed E-state index contributed by atoms with van der Waals surface area (Å²) in [6.07, 6.45) is 0.506. The molecular weight excluding hydrogens is 266 g/mol. The first kappa shape index (κ1) is 17.0. The van der Waals surface area contributed by atoms with Crippen molar-refractivity contribution in [1.82, 2.24) is 10.2 Å². The number of ether oxygens (including phenoxy) is 1. The van der Waals surface area contributed by atoms with E-state index in [1.807, 2.05) is 49.1 Å². The molecule has 1 rings (SSSR count). The lowest BCUT2D eigenvalue weighted by atomic mass is 10.2. The molecule has 5 heteroatoms. The second-order valence-corrected chi connectivity index (χ2v) is 4.59. The number of carbonyl (C=O) groups excluding carboxylic acids is 1. The maximum atomic E-state index is 11.8. The highest BCUT2D eigenvalue weighted by Gasteiger charge is 2.08. The first-order valence-electron chi connectivity index (χ1n) is 7.28. The molecule has 21 heavy (non-hydrogen) atoms. The Morgan fingerprint density at radius 1 is 1.38 bits per heavy atom. The zero-order chi connectivity index (χ0) is 15.5. The molecule has 0 spiro atoms. The fourth-order valence-corrected chi connectivity index (χ4v) is 2.02. The lowest BCUT2D eigenvalue weighted by Gasteiger charge is -2.18. The molecule has 5 nitrogen and oxygen atoms in total. The maximum Gasteiger partial charge on any atom is 0.223 e. The Morgan fingerprint density at radius 2 is 2.14 bits per heavy atom. The molecular formula is C16H23N3O2. The van der Waals surface area contributed by atoms with Gasteiger partial charge in [-0.05, 0) is 31.5 Å². The Balaban J connectivity index is 2.32. The average Bonchev–Trinajstić information content (AvgIpc) is 2.51. The van der Waals surface area contributed by atoms with Crippen molar-refractivity contribution in [2.45, 2.75) is 26.8 Å². The van der Waals surface area contributed by atoms with Gasteiger partial charge < -0.3 is 15.0 Å². The largest absolute Gasteiger partial charge is 0.479 e. The van der Waals surface area contributed by atoms with Crippen LogP contribution >= 0.6 is 0 Å². The predicted octanol–water partition coefficient (Wildman–Crippen LogP) is 1.94. The number of rotatable bonds is 9. The molecule has 1 aromatic carbocycles. The third-order valence-electron chi connectivity index (χ3n) is 3.16. The molecule has 1 amide bonds. The predicted molar refractivity (Wildman–Crippen MR) is 81.8 cm³/mol. The average molecular weight is 289 g/mol. The van der Waals surface area contributed by atoms with Crippen LogP contribution in [0, 0.1) is 11.3 Å². The van der Waals surface area contributed by atoms with E-state index in [9.17, 15) is 4.79 Å². The van der Waals surface area contributed by atoms with Crippen molar-refractivity contribution < 1.29 is 9.53 Å². The Bertz CT molecular complexity index is 479. The summed E-state index contributed by atoms with van der Waals surface area (Å²) in [6, 6.07) is 9.54. The quantitative estimate of drug-likeness (QED) is 0.706. The molecule has 0 fully saturated rings. The van der Waals surface area contributed by atoms with Crippen molar-refractivity contribution in [3.63, 3.8) is 0 Å². The number of hydrogen-bond donors (Lipinski definition) is 1. The summed E-state index contributed by atoms with van der Waals surface area (Å²) < 4.78 is 5.25. The Hall–Kier alpha value is -2.06. The summed E-state index contributed by atoms with van der Waals surface area (Å²) in [5.41, 5.74) is 1.07. The van der Waals surface area contributed by atoms with E-state index >= 15 is 0 Å². The Kier molecular flexibility index (Phi) is 7.92. The molecule has 0 radical (unpaired) electrons. The van der Waals surface area contributed by atoms with Crippen LogP contribution in [0.25, 0.3) is 0 Å². The number of amides is 1. The summed E-state index contributed by atoms with van der Waals surface area (Å²) in [5.74, 6) is 0.869. The molecule has 0 unspecified atom stereocenters. The van der Waals surface area contributed by atoms with Crippen LogP contribution in [0.4, 0.5) is 0 Å². The molecule has 0 heterocycles. The van der Waals surface area contributed by atoms with Gasteiger partial charge in [-0.25, -0.2) is 0 Å². The molecule has 114 valence electrons. The van der Waals surface area contributed by atoms with Crippen LogP contribution in [0.15, 0.2) is 24.3 Å². The topological polar surface area (TPSA) is 65.4 Å². The standard InChI is InChI=1S/C16H23N3O2/c1-3-19(4-2)16(20)8-10-18-13-14-6-5-7-15(12-14)21-11-9-17/h5-7,12,18H,3-4,8,10-11,13H2,1-2H3. The van der Waals surface area contributed by atoms with E-state index in [0.29, 0.717) is 25.3 Å². The van der Waals surface area contributed by atoms with Gasteiger partial charge in [-0.15, -0.1) is 0 Å². The van der Waals surface area contributed by atoms with Gasteiger partial charge in [-0.3, -0.25) is 4.79 Å². The highest BCUT2D eigenvalue weighted by atomic mass is 16.5. The third-order valence-corrected chi connectivity index (χ3v) is 3.16. The minimum Gasteiger partial charge on any atom is -0.479 e. The molecule has 0 atom stereocenters. The molecule has 1 N–H and O–H groups in total. The van der Waals surface area contributed by atoms with Crippen molar-refractivity contribution in [2.75, 3.05) is 26.2 Å². The molecule has 0 bridgehead atoms. The van der Waals surface area contributed by atoms with Crippen LogP contribution < -0.4 is 10.1 Å². The van der Waals surface area contributed by atoms with Crippen molar-refractivity contribution >= 4 is 5.91 Å². The number of carbonyl (C=O) groups is 1. The number of nitrogens with one attached hydrogen (secondary N) is 1. The molecule has 0 aliphatic rings. The zero-order valence-electron chi connectivity index (χ0n) is 12.8. The summed E-state index contributed by atoms with van der Waals surface area (Å²) in [6.45, 7) is 6.87. The highest BCUT2D eigenvalue weighted by molar-refractivity contribution is 5.76. The molecule has 0 saturated carbocycles. The van der Waals surface area contributed by atoms with E-state index in [1.54, 1.807) is 0 Å². The van der Waals surface area contributed by atoms with Gasteiger partial charge in [0.2, 0.25) is 5.91 Å². The lowest BCUT2D eigenvalue weighted by Crippen LogP contribution is -2.32. The van der Waals surface area contributed by atoms with Gasteiger partial charge in [-0.2, -0.15) is 5.26 Å². The van der Waals surface area contributed by atoms with Crippen LogP contribution in [-0.4, -0.2) is 37.0 Å². The van der Waals surface area contributed by atoms with Gasteiger partial charge in [0, 0.05) is 32.6 Å². The minimum absolute atomic E-state index is 0.0508. The Morgan fingerprint density at radius 3 is 2.81 bits per heavy atom. The maximum absolute atomic E-state index is 11.8. The van der Waals surface area contributed by atoms with Gasteiger partial charge in [-0.1, -0.05) is 12.1 Å². The van der Waals surface area contributed by atoms with E-state index < -0.39 is 0 Å². The van der Waals surface area contributed by atoms with Gasteiger partial charge in [0.25, 0.3) is 0 Å². The van der Waals surface area contributed by atoms with Crippen LogP contribution in [0.2, 0.25) is 0 Å². The van der Waals surface area contributed by atoms with E-state index in [-0.39, 0.29) is 12.5 Å². The number of hydrogen-bond acceptors (Lipinski definition) is 4. The van der Waals surface area contributed by atoms with E-state index in [2.05, 4.69) is 5.32 Å². The fourth-order valence-electron chi connectivity index (χ4n) is 2.02. The smallest absolute Gasteiger partial charge is 0.223 e. The second-order valence-electron chi connectivity index (χ2n) is 4.59. The van der Waals surface area contributed by atoms with Gasteiger partial charge in [0.05, 0.1) is 0 Å². The number of benzene rings is 1. The zero-order valence-corrected chi connectivity index (χ0v) is 12.8. The summed E-state index contributed by atoms with van der Waals surface area (Å²) in [7, 11) is 0. The van der Waals surface area contributed by atoms with Gasteiger partial charge in [0.1, 0.15) is 11.8 Å². The van der Waals surface area contributed by atoms with Crippen molar-refractivity contribution in [1.29, 1.82) is 5.26 Å². The number of nitriles is 1. The SMILES string of the molecule is CCN(CC)C(=O)CCNCc1cccc(OCC#N)c1. The number of nitrogens with zero attached hydrogens (tertiary/aromatic N) is 2. The lowest BCUT2D eigenvalue weighted by molar-refractivity contribution is -0.130. The molecule has 0 aliphatic carbocycles. The van der Waals surface area contributed by atoms with Crippen LogP contribution in [0.1, 0.15) is 25.8 Å². The summed E-state index contributed by atoms with van der Waals surface area (Å²) in [5, 5.41) is 11.7. The molecule has 0 saturated heterocycles. The second kappa shape index (κ2) is 9.78. The molecule has 0 aromatic heterocycles. The van der Waals surface area contributed by atoms with Crippen LogP contribution in [0.3, 0.4) is 0 Å². The third kappa shape index (κ3) is 6.28. The normalized spacial score (nSPS) is 9.95. The van der Waals surface area contributed by atoms with E-state index in [1.165, 1.54) is 0 Å². The fraction of sp³-hybridized carbons (Fsp3) is 0.500. The van der Waals surface area contributed by atoms with Gasteiger partial charge in [0.15, 0.2) is 6.61 Å². The first-order chi connectivity index (χ1) is 10.2. The Labute approximate surface area is 126 Å². The summed E-state index contributed by atoms with van der Waals surface area (Å²) >= 11 is 0. The highest BCUT2D eigenvalue weighted by Crippen LogP contribution is 2.12. The van der Waals surface area contributed by atoms with Crippen molar-refractivity contribution in [3.8, 4) is 11.8 Å². The first-order valence-corrected chi connectivity index (χ1v) is 7.28. The van der Waals surface area contributed by atoms with Gasteiger partial charge >= 0.3 is 0 Å².